The number of fused-ring (bicyclic) bond motifs is 1. The van der Waals surface area contributed by atoms with Gasteiger partial charge in [0.2, 0.25) is 0 Å². The number of allylic oxidation sites excluding steroid dienone is 2. The second kappa shape index (κ2) is 6.62. The van der Waals surface area contributed by atoms with Gasteiger partial charge in [0.15, 0.2) is 0 Å². The minimum Gasteiger partial charge on any atom is -0.332 e. The minimum atomic E-state index is -0.0165. The molecule has 2 unspecified atom stereocenters. The van der Waals surface area contributed by atoms with Crippen LogP contribution in [0.1, 0.15) is 59.2 Å². The molecule has 2 fully saturated rings. The molecule has 0 radical (unpaired) electrons. The first kappa shape index (κ1) is 18.0. The third-order valence-electron chi connectivity index (χ3n) is 7.25. The highest BCUT2D eigenvalue weighted by Gasteiger charge is 2.62. The van der Waals surface area contributed by atoms with Crippen LogP contribution in [-0.2, 0) is 13.0 Å². The van der Waals surface area contributed by atoms with Crippen LogP contribution in [0.5, 0.6) is 0 Å². The third kappa shape index (κ3) is 2.55. The Hall–Kier alpha value is -2.77. The standard InChI is InChI=1S/C23H26N6O/c30-21(16-6-5-12-24-14-16)29-13-7-17-18(15-29)27-28-19(17)20-25-22-8-3-1-2-4-9-23(22,26-20)11-10-22/h3-6,8-9,12,14,20,25-26H,1-2,7,10-11,13,15H2,(H,27,28)/b8-3-,9-4-. The molecule has 7 heteroatoms. The summed E-state index contributed by atoms with van der Waals surface area (Å²) in [5.41, 5.74) is 3.92. The lowest BCUT2D eigenvalue weighted by atomic mass is 9.60. The Balaban J connectivity index is 1.25. The Labute approximate surface area is 175 Å². The van der Waals surface area contributed by atoms with Crippen molar-refractivity contribution in [2.45, 2.75) is 55.9 Å². The van der Waals surface area contributed by atoms with E-state index in [-0.39, 0.29) is 23.2 Å². The fourth-order valence-corrected chi connectivity index (χ4v) is 5.50. The monoisotopic (exact) mass is 402 g/mol. The molecule has 1 saturated heterocycles. The molecule has 0 spiro atoms. The first-order chi connectivity index (χ1) is 14.7. The van der Waals surface area contributed by atoms with Gasteiger partial charge in [-0.05, 0) is 44.2 Å². The minimum absolute atomic E-state index is 0.0143. The fraction of sp³-hybridized carbons (Fsp3) is 0.435. The number of rotatable bonds is 2. The highest BCUT2D eigenvalue weighted by molar-refractivity contribution is 5.94. The van der Waals surface area contributed by atoms with Gasteiger partial charge >= 0.3 is 0 Å². The summed E-state index contributed by atoms with van der Waals surface area (Å²) < 4.78 is 0. The van der Waals surface area contributed by atoms with Gasteiger partial charge in [-0.3, -0.25) is 25.5 Å². The summed E-state index contributed by atoms with van der Waals surface area (Å²) in [6, 6.07) is 3.62. The molecular weight excluding hydrogens is 376 g/mol. The SMILES string of the molecule is O=C(c1cccnc1)N1CCc2c(C3NC45/C=C\CC/C=C\C4(CC5)N3)n[nH]c2C1. The molecule has 7 nitrogen and oxygen atoms in total. The number of pyridine rings is 1. The van der Waals surface area contributed by atoms with Gasteiger partial charge in [0.05, 0.1) is 34.6 Å². The van der Waals surface area contributed by atoms with E-state index in [4.69, 9.17) is 5.10 Å². The lowest BCUT2D eigenvalue weighted by molar-refractivity contribution is 0.0732. The number of hydrogen-bond donors (Lipinski definition) is 3. The fourth-order valence-electron chi connectivity index (χ4n) is 5.50. The number of H-pyrrole nitrogens is 1. The Kier molecular flexibility index (Phi) is 3.98. The van der Waals surface area contributed by atoms with Gasteiger partial charge < -0.3 is 4.90 Å². The van der Waals surface area contributed by atoms with E-state index in [0.717, 1.165) is 43.5 Å². The smallest absolute Gasteiger partial charge is 0.255 e. The average molecular weight is 403 g/mol. The molecule has 1 amide bonds. The van der Waals surface area contributed by atoms with Gasteiger partial charge in [-0.2, -0.15) is 5.10 Å². The summed E-state index contributed by atoms with van der Waals surface area (Å²) in [6.45, 7) is 1.24. The molecule has 154 valence electrons. The second-order valence-electron chi connectivity index (χ2n) is 8.83. The Morgan fingerprint density at radius 3 is 2.57 bits per heavy atom. The van der Waals surface area contributed by atoms with Gasteiger partial charge in [-0.15, -0.1) is 0 Å². The number of aromatic amines is 1. The maximum atomic E-state index is 12.8. The van der Waals surface area contributed by atoms with Crippen molar-refractivity contribution in [2.75, 3.05) is 6.54 Å². The van der Waals surface area contributed by atoms with Crippen LogP contribution in [0.15, 0.2) is 48.8 Å². The van der Waals surface area contributed by atoms with Gasteiger partial charge in [-0.25, -0.2) is 0 Å². The number of carbonyl (C=O) groups excluding carboxylic acids is 1. The van der Waals surface area contributed by atoms with Crippen molar-refractivity contribution >= 4 is 5.91 Å². The maximum absolute atomic E-state index is 12.8. The van der Waals surface area contributed by atoms with Crippen LogP contribution in [0.3, 0.4) is 0 Å². The lowest BCUT2D eigenvalue weighted by Gasteiger charge is -2.52. The van der Waals surface area contributed by atoms with Crippen LogP contribution in [0.25, 0.3) is 0 Å². The quantitative estimate of drug-likeness (QED) is 0.672. The van der Waals surface area contributed by atoms with Crippen molar-refractivity contribution in [3.05, 3.63) is 71.3 Å². The highest BCUT2D eigenvalue weighted by atomic mass is 16.2. The molecule has 0 bridgehead atoms. The van der Waals surface area contributed by atoms with Crippen LogP contribution in [0.4, 0.5) is 0 Å². The lowest BCUT2D eigenvalue weighted by Crippen LogP contribution is -2.66. The summed E-state index contributed by atoms with van der Waals surface area (Å²) in [5.74, 6) is 0.0200. The summed E-state index contributed by atoms with van der Waals surface area (Å²) in [6.07, 6.45) is 18.0. The van der Waals surface area contributed by atoms with Crippen molar-refractivity contribution in [3.63, 3.8) is 0 Å². The normalized spacial score (nSPS) is 34.0. The molecule has 3 N–H and O–H groups in total. The summed E-state index contributed by atoms with van der Waals surface area (Å²) in [4.78, 5) is 18.8. The Bertz CT molecular complexity index is 1010. The van der Waals surface area contributed by atoms with Gasteiger partial charge in [-0.1, -0.05) is 24.3 Å². The average Bonchev–Trinajstić information content (AvgIpc) is 3.27. The molecule has 2 aromatic heterocycles. The van der Waals surface area contributed by atoms with Crippen molar-refractivity contribution < 1.29 is 4.79 Å². The molecule has 30 heavy (non-hydrogen) atoms. The predicted octanol–water partition coefficient (Wildman–Crippen LogP) is 2.37. The van der Waals surface area contributed by atoms with Crippen LogP contribution >= 0.6 is 0 Å². The number of amides is 1. The van der Waals surface area contributed by atoms with Gasteiger partial charge in [0.25, 0.3) is 5.91 Å². The summed E-state index contributed by atoms with van der Waals surface area (Å²) in [5, 5.41) is 15.6. The third-order valence-corrected chi connectivity index (χ3v) is 7.25. The molecule has 4 heterocycles. The van der Waals surface area contributed by atoms with E-state index in [1.165, 1.54) is 5.56 Å². The van der Waals surface area contributed by atoms with Crippen molar-refractivity contribution in [2.24, 2.45) is 0 Å². The van der Waals surface area contributed by atoms with E-state index < -0.39 is 0 Å². The maximum Gasteiger partial charge on any atom is 0.255 e. The van der Waals surface area contributed by atoms with Crippen molar-refractivity contribution in [1.82, 2.24) is 30.7 Å². The molecule has 2 aliphatic carbocycles. The first-order valence-electron chi connectivity index (χ1n) is 10.9. The number of hydrogen-bond acceptors (Lipinski definition) is 5. The predicted molar refractivity (Wildman–Crippen MR) is 112 cm³/mol. The molecule has 0 aromatic carbocycles. The Morgan fingerprint density at radius 2 is 1.90 bits per heavy atom. The largest absolute Gasteiger partial charge is 0.332 e. The number of nitrogens with zero attached hydrogens (tertiary/aromatic N) is 3. The number of carbonyl (C=O) groups is 1. The molecule has 2 atom stereocenters. The Morgan fingerprint density at radius 1 is 1.13 bits per heavy atom. The number of aromatic nitrogens is 3. The molecule has 2 aliphatic heterocycles. The number of nitrogens with one attached hydrogen (secondary N) is 3. The van der Waals surface area contributed by atoms with Crippen molar-refractivity contribution in [1.29, 1.82) is 0 Å². The molecule has 4 aliphatic rings. The summed E-state index contributed by atoms with van der Waals surface area (Å²) in [7, 11) is 0. The van der Waals surface area contributed by atoms with E-state index >= 15 is 0 Å². The van der Waals surface area contributed by atoms with E-state index in [1.54, 1.807) is 18.5 Å². The van der Waals surface area contributed by atoms with Crippen molar-refractivity contribution in [3.8, 4) is 0 Å². The molecule has 2 aromatic rings. The van der Waals surface area contributed by atoms with E-state index in [1.807, 2.05) is 11.0 Å². The summed E-state index contributed by atoms with van der Waals surface area (Å²) >= 11 is 0. The second-order valence-corrected chi connectivity index (χ2v) is 8.83. The zero-order valence-electron chi connectivity index (χ0n) is 16.9. The van der Waals surface area contributed by atoms with E-state index in [2.05, 4.69) is 45.0 Å². The zero-order chi connectivity index (χ0) is 20.2. The van der Waals surface area contributed by atoms with E-state index in [0.29, 0.717) is 18.7 Å². The highest BCUT2D eigenvalue weighted by Crippen LogP contribution is 2.51. The molecular formula is C23H26N6O. The molecule has 1 saturated carbocycles. The van der Waals surface area contributed by atoms with Crippen LogP contribution in [-0.4, -0.2) is 43.6 Å². The topological polar surface area (TPSA) is 85.9 Å². The van der Waals surface area contributed by atoms with E-state index in [9.17, 15) is 4.79 Å². The van der Waals surface area contributed by atoms with Crippen LogP contribution in [0.2, 0.25) is 0 Å². The first-order valence-corrected chi connectivity index (χ1v) is 10.9. The van der Waals surface area contributed by atoms with Crippen LogP contribution < -0.4 is 10.6 Å². The van der Waals surface area contributed by atoms with Gasteiger partial charge in [0, 0.05) is 24.5 Å². The zero-order valence-corrected chi connectivity index (χ0v) is 16.9. The molecule has 6 rings (SSSR count). The van der Waals surface area contributed by atoms with Gasteiger partial charge in [0.1, 0.15) is 6.17 Å². The van der Waals surface area contributed by atoms with Crippen LogP contribution in [0, 0.1) is 0 Å².